The van der Waals surface area contributed by atoms with Gasteiger partial charge in [0.05, 0.1) is 6.04 Å². The lowest BCUT2D eigenvalue weighted by Gasteiger charge is -2.35. The normalized spacial score (nSPS) is 23.5. The van der Waals surface area contributed by atoms with E-state index in [2.05, 4.69) is 23.8 Å². The molecule has 5 atom stereocenters. The highest BCUT2D eigenvalue weighted by atomic mass is 16.6. The molecule has 0 radical (unpaired) electrons. The number of hydrogen-bond donors (Lipinski definition) is 6. The number of primary amides is 1. The highest BCUT2D eigenvalue weighted by Crippen LogP contribution is 2.34. The second-order valence-electron chi connectivity index (χ2n) is 10.4. The summed E-state index contributed by atoms with van der Waals surface area (Å²) in [4.78, 5) is 65.9. The van der Waals surface area contributed by atoms with E-state index in [4.69, 9.17) is 26.7 Å². The van der Waals surface area contributed by atoms with Gasteiger partial charge >= 0.3 is 6.09 Å². The predicted molar refractivity (Wildman–Crippen MR) is 153 cm³/mol. The van der Waals surface area contributed by atoms with Crippen molar-refractivity contribution in [3.8, 4) is 0 Å². The van der Waals surface area contributed by atoms with Crippen molar-refractivity contribution >= 4 is 48.2 Å². The number of rotatable bonds is 15. The van der Waals surface area contributed by atoms with Crippen LogP contribution in [-0.2, 0) is 23.9 Å². The van der Waals surface area contributed by atoms with Crippen LogP contribution in [0.2, 0.25) is 0 Å². The molecule has 1 heterocycles. The minimum absolute atomic E-state index is 0.0280. The number of nitrogens with one attached hydrogen (secondary N) is 5. The van der Waals surface area contributed by atoms with Crippen molar-refractivity contribution in [1.82, 2.24) is 15.5 Å². The van der Waals surface area contributed by atoms with Crippen LogP contribution >= 0.6 is 0 Å². The van der Waals surface area contributed by atoms with Crippen molar-refractivity contribution in [1.29, 1.82) is 16.2 Å². The monoisotopic (exact) mass is 571 g/mol. The Morgan fingerprint density at radius 2 is 1.71 bits per heavy atom. The lowest BCUT2D eigenvalue weighted by atomic mass is 9.83. The average Bonchev–Trinajstić information content (AvgIpc) is 3.37. The Morgan fingerprint density at radius 1 is 1.07 bits per heavy atom. The summed E-state index contributed by atoms with van der Waals surface area (Å²) >= 11 is 0. The van der Waals surface area contributed by atoms with Crippen molar-refractivity contribution in [3.63, 3.8) is 0 Å². The number of hydrogen-bond acceptors (Lipinski definition) is 9. The summed E-state index contributed by atoms with van der Waals surface area (Å²) in [6, 6.07) is -3.51. The summed E-state index contributed by atoms with van der Waals surface area (Å²) in [6.45, 7) is 9.10. The highest BCUT2D eigenvalue weighted by molar-refractivity contribution is 6.37. The zero-order valence-corrected chi connectivity index (χ0v) is 23.4. The van der Waals surface area contributed by atoms with E-state index in [-0.39, 0.29) is 18.9 Å². The first-order valence-electron chi connectivity index (χ1n) is 13.8. The SMILES string of the molecule is C=CC1CN(C(=O)[C@@H](NC(=O)OC(C=C)(C=N)C=N)C2CCCCC2)[C@H](C(=O)NC(CCC)C(=O)C(N)=O)[C@H]1C=N. The summed E-state index contributed by atoms with van der Waals surface area (Å²) in [7, 11) is 0. The van der Waals surface area contributed by atoms with Crippen LogP contribution in [0.25, 0.3) is 0 Å². The maximum Gasteiger partial charge on any atom is 0.409 e. The summed E-state index contributed by atoms with van der Waals surface area (Å²) in [5.41, 5.74) is 3.38. The molecule has 0 aromatic rings. The molecule has 7 N–H and O–H groups in total. The first-order valence-corrected chi connectivity index (χ1v) is 13.8. The number of ketones is 1. The molecule has 224 valence electrons. The van der Waals surface area contributed by atoms with Crippen LogP contribution in [0.15, 0.2) is 25.3 Å². The second kappa shape index (κ2) is 15.0. The summed E-state index contributed by atoms with van der Waals surface area (Å²) in [5, 5.41) is 28.3. The van der Waals surface area contributed by atoms with E-state index in [0.717, 1.165) is 44.0 Å². The Bertz CT molecular complexity index is 1050. The van der Waals surface area contributed by atoms with Crippen molar-refractivity contribution in [2.45, 2.75) is 75.6 Å². The third kappa shape index (κ3) is 7.74. The fourth-order valence-electron chi connectivity index (χ4n) is 5.48. The topological polar surface area (TPSA) is 219 Å². The van der Waals surface area contributed by atoms with Crippen molar-refractivity contribution in [2.75, 3.05) is 6.54 Å². The molecule has 41 heavy (non-hydrogen) atoms. The highest BCUT2D eigenvalue weighted by Gasteiger charge is 2.49. The fourth-order valence-corrected chi connectivity index (χ4v) is 5.48. The molecule has 1 saturated carbocycles. The molecular formula is C28H41N7O6. The number of ether oxygens (including phenoxy) is 1. The molecule has 0 bridgehead atoms. The zero-order chi connectivity index (χ0) is 30.7. The van der Waals surface area contributed by atoms with Gasteiger partial charge in [0.1, 0.15) is 12.1 Å². The smallest absolute Gasteiger partial charge is 0.409 e. The summed E-state index contributed by atoms with van der Waals surface area (Å²) in [5.74, 6) is -4.98. The van der Waals surface area contributed by atoms with Crippen LogP contribution in [0.5, 0.6) is 0 Å². The van der Waals surface area contributed by atoms with Crippen LogP contribution in [0.3, 0.4) is 0 Å². The molecular weight excluding hydrogens is 530 g/mol. The third-order valence-corrected chi connectivity index (χ3v) is 7.80. The number of nitrogens with two attached hydrogens (primary N) is 1. The van der Waals surface area contributed by atoms with Gasteiger partial charge in [-0.15, -0.1) is 6.58 Å². The molecule has 0 aromatic carbocycles. The van der Waals surface area contributed by atoms with Crippen molar-refractivity contribution in [3.05, 3.63) is 25.3 Å². The van der Waals surface area contributed by atoms with Gasteiger partial charge in [-0.3, -0.25) is 19.2 Å². The molecule has 13 nitrogen and oxygen atoms in total. The molecule has 1 aliphatic heterocycles. The van der Waals surface area contributed by atoms with Gasteiger partial charge in [-0.05, 0) is 31.3 Å². The van der Waals surface area contributed by atoms with Gasteiger partial charge in [0.15, 0.2) is 0 Å². The molecule has 4 amide bonds. The lowest BCUT2D eigenvalue weighted by Crippen LogP contribution is -2.59. The molecule has 2 aliphatic rings. The van der Waals surface area contributed by atoms with E-state index in [9.17, 15) is 24.0 Å². The second-order valence-corrected chi connectivity index (χ2v) is 10.4. The average molecular weight is 572 g/mol. The van der Waals surface area contributed by atoms with Gasteiger partial charge in [0.2, 0.25) is 23.2 Å². The number of alkyl carbamates (subject to hydrolysis) is 1. The number of amides is 4. The van der Waals surface area contributed by atoms with E-state index in [0.29, 0.717) is 19.3 Å². The van der Waals surface area contributed by atoms with E-state index in [1.54, 1.807) is 13.0 Å². The van der Waals surface area contributed by atoms with E-state index >= 15 is 0 Å². The third-order valence-electron chi connectivity index (χ3n) is 7.80. The minimum atomic E-state index is -1.79. The Hall–Kier alpha value is -4.16. The standard InChI is InChI=1S/C28H41N7O6/c1-4-10-20(23(36)24(32)37)33-25(38)22-19(13-29)17(5-2)14-35(22)26(39)21(18-11-8-7-9-12-18)34-27(40)41-28(6-3,15-30)16-31/h5-6,13,15-22,29-31H,2-4,7-12,14H2,1H3,(H2,32,37)(H,33,38)(H,34,40)/t17?,19-,20?,21-,22-,28?/m0/s1. The zero-order valence-electron chi connectivity index (χ0n) is 23.4. The van der Waals surface area contributed by atoms with Crippen LogP contribution in [0.1, 0.15) is 51.9 Å². The molecule has 2 unspecified atom stereocenters. The maximum atomic E-state index is 14.2. The Balaban J connectivity index is 2.45. The Labute approximate surface area is 239 Å². The summed E-state index contributed by atoms with van der Waals surface area (Å²) in [6.07, 6.45) is 8.64. The first kappa shape index (κ1) is 33.0. The molecule has 13 heteroatoms. The van der Waals surface area contributed by atoms with Crippen LogP contribution < -0.4 is 16.4 Å². The molecule has 2 rings (SSSR count). The number of likely N-dealkylation sites (tertiary alicyclic amines) is 1. The molecule has 0 spiro atoms. The lowest BCUT2D eigenvalue weighted by molar-refractivity contribution is -0.143. The van der Waals surface area contributed by atoms with Gasteiger partial charge in [0.25, 0.3) is 5.91 Å². The van der Waals surface area contributed by atoms with Gasteiger partial charge in [-0.25, -0.2) is 4.79 Å². The molecule has 1 aliphatic carbocycles. The van der Waals surface area contributed by atoms with Crippen LogP contribution in [-0.4, -0.2) is 83.4 Å². The Kier molecular flexibility index (Phi) is 12.1. The maximum absolute atomic E-state index is 14.2. The molecule has 0 aromatic heterocycles. The Morgan fingerprint density at radius 3 is 2.20 bits per heavy atom. The quantitative estimate of drug-likeness (QED) is 0.0970. The van der Waals surface area contributed by atoms with Crippen LogP contribution in [0.4, 0.5) is 4.79 Å². The number of nitrogens with zero attached hydrogens (tertiary/aromatic N) is 1. The van der Waals surface area contributed by atoms with E-state index in [1.165, 1.54) is 4.90 Å². The molecule has 2 fully saturated rings. The van der Waals surface area contributed by atoms with Crippen molar-refractivity contribution < 1.29 is 28.7 Å². The molecule has 1 saturated heterocycles. The van der Waals surface area contributed by atoms with E-state index < -0.39 is 65.2 Å². The van der Waals surface area contributed by atoms with Crippen molar-refractivity contribution in [2.24, 2.45) is 23.5 Å². The van der Waals surface area contributed by atoms with Gasteiger partial charge in [0, 0.05) is 37.0 Å². The number of carbonyl (C=O) groups excluding carboxylic acids is 5. The number of Topliss-reactive ketones (excluding diaryl/α,β-unsaturated/α-hetero) is 1. The van der Waals surface area contributed by atoms with Gasteiger partial charge in [-0.2, -0.15) is 0 Å². The van der Waals surface area contributed by atoms with Gasteiger partial charge in [-0.1, -0.05) is 45.3 Å². The fraction of sp³-hybridized carbons (Fsp3) is 0.571. The minimum Gasteiger partial charge on any atom is -0.427 e. The summed E-state index contributed by atoms with van der Waals surface area (Å²) < 4.78 is 5.27. The van der Waals surface area contributed by atoms with Gasteiger partial charge < -0.3 is 42.2 Å². The largest absolute Gasteiger partial charge is 0.427 e. The predicted octanol–water partition coefficient (Wildman–Crippen LogP) is 1.50. The van der Waals surface area contributed by atoms with Crippen LogP contribution in [0, 0.1) is 34.0 Å². The first-order chi connectivity index (χ1) is 19.5. The number of carbonyl (C=O) groups is 5. The van der Waals surface area contributed by atoms with E-state index in [1.807, 2.05) is 0 Å².